The number of nitrogens with zero attached hydrogens (tertiary/aromatic N) is 5. The largest absolute Gasteiger partial charge is 0.343 e. The molecule has 38 heavy (non-hydrogen) atoms. The van der Waals surface area contributed by atoms with Gasteiger partial charge in [-0.15, -0.1) is 11.3 Å². The van der Waals surface area contributed by atoms with Crippen molar-refractivity contribution in [1.29, 1.82) is 0 Å². The van der Waals surface area contributed by atoms with Crippen molar-refractivity contribution >= 4 is 40.4 Å². The first kappa shape index (κ1) is 26.1. The van der Waals surface area contributed by atoms with Gasteiger partial charge >= 0.3 is 0 Å². The number of aromatic nitrogens is 4. The minimum atomic E-state index is -0.282. The quantitative estimate of drug-likeness (QED) is 0.325. The second-order valence-electron chi connectivity index (χ2n) is 9.49. The van der Waals surface area contributed by atoms with Gasteiger partial charge in [0, 0.05) is 47.7 Å². The normalized spacial score (nSPS) is 14.0. The molecule has 1 aliphatic heterocycles. The first-order valence-corrected chi connectivity index (χ1v) is 13.9. The molecule has 0 atom stereocenters. The maximum atomic E-state index is 13.1. The van der Waals surface area contributed by atoms with E-state index < -0.39 is 0 Å². The summed E-state index contributed by atoms with van der Waals surface area (Å²) in [5, 5.41) is 10.9. The maximum absolute atomic E-state index is 13.1. The summed E-state index contributed by atoms with van der Waals surface area (Å²) in [5.41, 5.74) is 3.76. The highest BCUT2D eigenvalue weighted by Crippen LogP contribution is 2.31. The molecule has 1 aromatic carbocycles. The Labute approximate surface area is 230 Å². The van der Waals surface area contributed by atoms with Gasteiger partial charge in [0.15, 0.2) is 5.82 Å². The number of hydrogen-bond acceptors (Lipinski definition) is 6. The minimum absolute atomic E-state index is 0.150. The van der Waals surface area contributed by atoms with Gasteiger partial charge in [0.05, 0.1) is 16.4 Å². The molecule has 1 N–H and O–H groups in total. The van der Waals surface area contributed by atoms with Gasteiger partial charge in [-0.1, -0.05) is 29.8 Å². The summed E-state index contributed by atoms with van der Waals surface area (Å²) in [6.45, 7) is 5.25. The van der Waals surface area contributed by atoms with Crippen LogP contribution in [0.4, 0.5) is 5.69 Å². The van der Waals surface area contributed by atoms with E-state index in [0.29, 0.717) is 48.2 Å². The van der Waals surface area contributed by atoms with Crippen molar-refractivity contribution < 1.29 is 9.59 Å². The van der Waals surface area contributed by atoms with Crippen molar-refractivity contribution in [2.24, 2.45) is 0 Å². The van der Waals surface area contributed by atoms with Crippen LogP contribution in [0.2, 0.25) is 5.02 Å². The molecule has 0 aliphatic carbocycles. The van der Waals surface area contributed by atoms with Crippen LogP contribution >= 0.6 is 22.9 Å². The monoisotopic (exact) mass is 548 g/mol. The summed E-state index contributed by atoms with van der Waals surface area (Å²) < 4.78 is 1.72. The van der Waals surface area contributed by atoms with Crippen LogP contribution in [0.1, 0.15) is 57.6 Å². The Morgan fingerprint density at radius 3 is 2.66 bits per heavy atom. The average molecular weight is 549 g/mol. The molecule has 1 saturated heterocycles. The van der Waals surface area contributed by atoms with Crippen LogP contribution < -0.4 is 5.32 Å². The van der Waals surface area contributed by atoms with Crippen LogP contribution in [-0.2, 0) is 11.2 Å². The molecule has 4 aromatic rings. The van der Waals surface area contributed by atoms with Crippen LogP contribution in [0.5, 0.6) is 0 Å². The zero-order valence-electron chi connectivity index (χ0n) is 21.4. The summed E-state index contributed by atoms with van der Waals surface area (Å²) >= 11 is 7.72. The van der Waals surface area contributed by atoms with Gasteiger partial charge in [0.25, 0.3) is 5.91 Å². The molecule has 5 rings (SSSR count). The SMILES string of the molecule is Cc1cc(C)n(-c2ncccc2NC(=O)c2csc(C3CCN(C(=O)CCc4ccccc4Cl)CC3)n2)n1. The number of carbonyl (C=O) groups excluding carboxylic acids is 2. The third-order valence-corrected chi connectivity index (χ3v) is 8.14. The number of anilines is 1. The number of pyridine rings is 1. The van der Waals surface area contributed by atoms with Crippen molar-refractivity contribution in [3.05, 3.63) is 86.7 Å². The van der Waals surface area contributed by atoms with Crippen LogP contribution in [0.3, 0.4) is 0 Å². The Balaban J connectivity index is 1.17. The smallest absolute Gasteiger partial charge is 0.275 e. The van der Waals surface area contributed by atoms with E-state index in [0.717, 1.165) is 34.8 Å². The lowest BCUT2D eigenvalue weighted by Crippen LogP contribution is -2.38. The summed E-state index contributed by atoms with van der Waals surface area (Å²) in [6.07, 6.45) is 4.43. The topological polar surface area (TPSA) is 93.0 Å². The molecule has 0 radical (unpaired) electrons. The number of piperidine rings is 1. The fourth-order valence-corrected chi connectivity index (χ4v) is 5.95. The maximum Gasteiger partial charge on any atom is 0.275 e. The van der Waals surface area contributed by atoms with E-state index in [4.69, 9.17) is 11.6 Å². The molecule has 0 spiro atoms. The standard InChI is InChI=1S/C28H29ClN6O2S/c1-18-16-19(2)35(33-18)26-23(8-5-13-30-26)31-27(37)24-17-38-28(32-24)21-11-14-34(15-12-21)25(36)10-9-20-6-3-4-7-22(20)29/h3-8,13,16-17,21H,9-12,14-15H2,1-2H3,(H,31,37). The number of thiazole rings is 1. The number of rotatable bonds is 7. The minimum Gasteiger partial charge on any atom is -0.343 e. The first-order chi connectivity index (χ1) is 18.4. The van der Waals surface area contributed by atoms with E-state index in [2.05, 4.69) is 20.4 Å². The molecule has 1 aliphatic rings. The van der Waals surface area contributed by atoms with Crippen molar-refractivity contribution in [1.82, 2.24) is 24.6 Å². The molecule has 2 amide bonds. The van der Waals surface area contributed by atoms with E-state index in [1.165, 1.54) is 11.3 Å². The average Bonchev–Trinajstić information content (AvgIpc) is 3.55. The molecular formula is C28H29ClN6O2S. The highest BCUT2D eigenvalue weighted by Gasteiger charge is 2.26. The second kappa shape index (κ2) is 11.4. The van der Waals surface area contributed by atoms with Crippen molar-refractivity contribution in [3.63, 3.8) is 0 Å². The van der Waals surface area contributed by atoms with Gasteiger partial charge in [-0.25, -0.2) is 14.6 Å². The Kier molecular flexibility index (Phi) is 7.85. The van der Waals surface area contributed by atoms with Gasteiger partial charge in [-0.05, 0) is 62.9 Å². The lowest BCUT2D eigenvalue weighted by molar-refractivity contribution is -0.132. The number of halogens is 1. The zero-order chi connectivity index (χ0) is 26.6. The van der Waals surface area contributed by atoms with E-state index in [9.17, 15) is 9.59 Å². The van der Waals surface area contributed by atoms with Crippen LogP contribution in [0.15, 0.2) is 54.0 Å². The molecule has 3 aromatic heterocycles. The Hall–Kier alpha value is -3.56. The van der Waals surface area contributed by atoms with Crippen LogP contribution in [0, 0.1) is 13.8 Å². The molecule has 4 heterocycles. The fraction of sp³-hybridized carbons (Fsp3) is 0.321. The van der Waals surface area contributed by atoms with E-state index in [1.807, 2.05) is 55.1 Å². The number of hydrogen-bond donors (Lipinski definition) is 1. The van der Waals surface area contributed by atoms with Crippen molar-refractivity contribution in [2.45, 2.75) is 45.4 Å². The Morgan fingerprint density at radius 1 is 1.13 bits per heavy atom. The molecule has 1 fully saturated rings. The molecule has 196 valence electrons. The predicted octanol–water partition coefficient (Wildman–Crippen LogP) is 5.59. The number of carbonyl (C=O) groups is 2. The summed E-state index contributed by atoms with van der Waals surface area (Å²) in [6, 6.07) is 13.2. The second-order valence-corrected chi connectivity index (χ2v) is 10.8. The molecule has 10 heteroatoms. The van der Waals surface area contributed by atoms with Gasteiger partial charge in [-0.2, -0.15) is 5.10 Å². The molecule has 8 nitrogen and oxygen atoms in total. The number of likely N-dealkylation sites (tertiary alicyclic amines) is 1. The highest BCUT2D eigenvalue weighted by molar-refractivity contribution is 7.10. The zero-order valence-corrected chi connectivity index (χ0v) is 22.9. The Morgan fingerprint density at radius 2 is 1.92 bits per heavy atom. The summed E-state index contributed by atoms with van der Waals surface area (Å²) in [4.78, 5) is 36.8. The van der Waals surface area contributed by atoms with Gasteiger partial charge in [0.2, 0.25) is 5.91 Å². The van der Waals surface area contributed by atoms with Crippen molar-refractivity contribution in [2.75, 3.05) is 18.4 Å². The third-order valence-electron chi connectivity index (χ3n) is 6.76. The number of benzene rings is 1. The highest BCUT2D eigenvalue weighted by atomic mass is 35.5. The molecular weight excluding hydrogens is 520 g/mol. The predicted molar refractivity (Wildman–Crippen MR) is 149 cm³/mol. The van der Waals surface area contributed by atoms with E-state index in [1.54, 1.807) is 22.3 Å². The van der Waals surface area contributed by atoms with Gasteiger partial charge in [0.1, 0.15) is 5.69 Å². The fourth-order valence-electron chi connectivity index (χ4n) is 4.75. The van der Waals surface area contributed by atoms with Crippen molar-refractivity contribution in [3.8, 4) is 5.82 Å². The van der Waals surface area contributed by atoms with Gasteiger partial charge in [-0.3, -0.25) is 9.59 Å². The number of nitrogens with one attached hydrogen (secondary N) is 1. The van der Waals surface area contributed by atoms with E-state index in [-0.39, 0.29) is 17.7 Å². The van der Waals surface area contributed by atoms with Crippen LogP contribution in [-0.4, -0.2) is 49.6 Å². The number of aryl methyl sites for hydroxylation is 3. The molecule has 0 saturated carbocycles. The first-order valence-electron chi connectivity index (χ1n) is 12.7. The molecule has 0 unspecified atom stereocenters. The lowest BCUT2D eigenvalue weighted by atomic mass is 9.97. The van der Waals surface area contributed by atoms with Gasteiger partial charge < -0.3 is 10.2 Å². The lowest BCUT2D eigenvalue weighted by Gasteiger charge is -2.31. The summed E-state index contributed by atoms with van der Waals surface area (Å²) in [7, 11) is 0. The summed E-state index contributed by atoms with van der Waals surface area (Å²) in [5.74, 6) is 0.666. The Bertz CT molecular complexity index is 1460. The molecule has 0 bridgehead atoms. The number of amides is 2. The van der Waals surface area contributed by atoms with Crippen LogP contribution in [0.25, 0.3) is 5.82 Å². The van der Waals surface area contributed by atoms with E-state index >= 15 is 0 Å². The third kappa shape index (κ3) is 5.79.